The Labute approximate surface area is 150 Å². The number of benzene rings is 1. The van der Waals surface area contributed by atoms with E-state index < -0.39 is 0 Å². The lowest BCUT2D eigenvalue weighted by Gasteiger charge is -2.11. The predicted octanol–water partition coefficient (Wildman–Crippen LogP) is 4.14. The molecular formula is C15H7BrClN5O2. The normalized spacial score (nSPS) is 10.0. The largest absolute Gasteiger partial charge is 0.420 e. The second-order valence-electron chi connectivity index (χ2n) is 4.32. The molecule has 0 N–H and O–H groups in total. The van der Waals surface area contributed by atoms with Crippen molar-refractivity contribution in [3.05, 3.63) is 58.0 Å². The van der Waals surface area contributed by atoms with Gasteiger partial charge in [0.05, 0.1) is 27.5 Å². The smallest absolute Gasteiger partial charge is 0.322 e. The Hall–Kier alpha value is -2.76. The van der Waals surface area contributed by atoms with Gasteiger partial charge in [-0.25, -0.2) is 19.9 Å². The number of hydrogen-bond donors (Lipinski definition) is 0. The summed E-state index contributed by atoms with van der Waals surface area (Å²) in [5.74, 6) is 0.420. The highest BCUT2D eigenvalue weighted by Gasteiger charge is 2.15. The van der Waals surface area contributed by atoms with Crippen LogP contribution in [0.5, 0.6) is 23.5 Å². The molecular weight excluding hydrogens is 398 g/mol. The summed E-state index contributed by atoms with van der Waals surface area (Å²) >= 11 is 8.98. The summed E-state index contributed by atoms with van der Waals surface area (Å²) in [4.78, 5) is 15.9. The minimum Gasteiger partial charge on any atom is -0.420 e. The van der Waals surface area contributed by atoms with E-state index in [0.29, 0.717) is 9.50 Å². The molecule has 9 heteroatoms. The van der Waals surface area contributed by atoms with Gasteiger partial charge >= 0.3 is 12.0 Å². The molecule has 118 valence electrons. The molecule has 7 nitrogen and oxygen atoms in total. The Morgan fingerprint density at radius 1 is 0.958 bits per heavy atom. The van der Waals surface area contributed by atoms with Crippen LogP contribution < -0.4 is 9.47 Å². The zero-order valence-corrected chi connectivity index (χ0v) is 14.2. The Bertz CT molecular complexity index is 897. The summed E-state index contributed by atoms with van der Waals surface area (Å²) in [6.07, 6.45) is 5.85. The molecule has 0 unspecified atom stereocenters. The van der Waals surface area contributed by atoms with Crippen molar-refractivity contribution in [3.8, 4) is 29.6 Å². The van der Waals surface area contributed by atoms with Gasteiger partial charge in [-0.2, -0.15) is 5.26 Å². The number of aromatic nitrogens is 4. The average Bonchev–Trinajstić information content (AvgIpc) is 2.60. The van der Waals surface area contributed by atoms with Crippen molar-refractivity contribution in [1.82, 2.24) is 19.9 Å². The number of hydrogen-bond acceptors (Lipinski definition) is 7. The van der Waals surface area contributed by atoms with E-state index in [1.54, 1.807) is 18.2 Å². The SMILES string of the molecule is N#Cc1cccc(Oc2ncc(Cl)cn2)c1Oc1ncc(Br)cn1. The van der Waals surface area contributed by atoms with E-state index in [1.807, 2.05) is 6.07 Å². The molecule has 3 rings (SSSR count). The molecule has 0 aliphatic carbocycles. The van der Waals surface area contributed by atoms with Gasteiger partial charge in [-0.15, -0.1) is 0 Å². The summed E-state index contributed by atoms with van der Waals surface area (Å²) < 4.78 is 11.9. The maximum Gasteiger partial charge on any atom is 0.322 e. The van der Waals surface area contributed by atoms with Gasteiger partial charge in [-0.3, -0.25) is 0 Å². The first-order chi connectivity index (χ1) is 11.7. The van der Waals surface area contributed by atoms with E-state index >= 15 is 0 Å². The summed E-state index contributed by atoms with van der Waals surface area (Å²) in [6, 6.07) is 7.03. The Morgan fingerprint density at radius 2 is 1.58 bits per heavy atom. The second kappa shape index (κ2) is 7.21. The zero-order valence-electron chi connectivity index (χ0n) is 11.8. The topological polar surface area (TPSA) is 93.8 Å². The molecule has 0 atom stereocenters. The van der Waals surface area contributed by atoms with Crippen molar-refractivity contribution in [1.29, 1.82) is 5.26 Å². The highest BCUT2D eigenvalue weighted by Crippen LogP contribution is 2.35. The van der Waals surface area contributed by atoms with Gasteiger partial charge in [0, 0.05) is 12.4 Å². The monoisotopic (exact) mass is 403 g/mol. The molecule has 3 aromatic rings. The lowest BCUT2D eigenvalue weighted by Crippen LogP contribution is -1.98. The first-order valence-electron chi connectivity index (χ1n) is 6.49. The molecule has 0 bridgehead atoms. The molecule has 0 aliphatic heterocycles. The van der Waals surface area contributed by atoms with Gasteiger partial charge in [-0.1, -0.05) is 17.7 Å². The van der Waals surface area contributed by atoms with Crippen LogP contribution in [0, 0.1) is 11.3 Å². The van der Waals surface area contributed by atoms with Crippen LogP contribution in [0.3, 0.4) is 0 Å². The standard InChI is InChI=1S/C15H7BrClN5O2/c16-10-5-19-15(20-6-10)24-13-9(4-18)2-1-3-12(13)23-14-21-7-11(17)8-22-14/h1-3,5-8H. The third kappa shape index (κ3) is 3.76. The lowest BCUT2D eigenvalue weighted by atomic mass is 10.2. The fourth-order valence-corrected chi connectivity index (χ4v) is 1.99. The first kappa shape index (κ1) is 16.1. The minimum absolute atomic E-state index is 0.0658. The number of ether oxygens (including phenoxy) is 2. The second-order valence-corrected chi connectivity index (χ2v) is 5.67. The highest BCUT2D eigenvalue weighted by molar-refractivity contribution is 9.10. The highest BCUT2D eigenvalue weighted by atomic mass is 79.9. The number of para-hydroxylation sites is 1. The first-order valence-corrected chi connectivity index (χ1v) is 7.66. The van der Waals surface area contributed by atoms with Crippen LogP contribution in [-0.2, 0) is 0 Å². The minimum atomic E-state index is 0.0658. The molecule has 0 fully saturated rings. The molecule has 0 amide bonds. The van der Waals surface area contributed by atoms with E-state index in [4.69, 9.17) is 21.1 Å². The van der Waals surface area contributed by atoms with Crippen LogP contribution in [-0.4, -0.2) is 19.9 Å². The van der Waals surface area contributed by atoms with Crippen molar-refractivity contribution in [2.45, 2.75) is 0 Å². The third-order valence-electron chi connectivity index (χ3n) is 2.69. The van der Waals surface area contributed by atoms with E-state index in [-0.39, 0.29) is 29.1 Å². The van der Waals surface area contributed by atoms with Crippen LogP contribution >= 0.6 is 27.5 Å². The van der Waals surface area contributed by atoms with Crippen molar-refractivity contribution < 1.29 is 9.47 Å². The van der Waals surface area contributed by atoms with Crippen LogP contribution in [0.2, 0.25) is 5.02 Å². The third-order valence-corrected chi connectivity index (χ3v) is 3.29. The zero-order chi connectivity index (χ0) is 16.9. The number of nitrogens with zero attached hydrogens (tertiary/aromatic N) is 5. The molecule has 0 saturated heterocycles. The molecule has 0 spiro atoms. The lowest BCUT2D eigenvalue weighted by molar-refractivity contribution is 0.383. The van der Waals surface area contributed by atoms with E-state index in [9.17, 15) is 5.26 Å². The van der Waals surface area contributed by atoms with Crippen LogP contribution in [0.4, 0.5) is 0 Å². The average molecular weight is 405 g/mol. The summed E-state index contributed by atoms with van der Waals surface area (Å²) in [6.45, 7) is 0. The predicted molar refractivity (Wildman–Crippen MR) is 88.1 cm³/mol. The van der Waals surface area contributed by atoms with Gasteiger partial charge in [0.15, 0.2) is 11.5 Å². The van der Waals surface area contributed by atoms with Crippen molar-refractivity contribution in [3.63, 3.8) is 0 Å². The maximum absolute atomic E-state index is 9.28. The van der Waals surface area contributed by atoms with E-state index in [0.717, 1.165) is 0 Å². The van der Waals surface area contributed by atoms with Crippen LogP contribution in [0.1, 0.15) is 5.56 Å². The van der Waals surface area contributed by atoms with Gasteiger partial charge < -0.3 is 9.47 Å². The molecule has 0 radical (unpaired) electrons. The summed E-state index contributed by atoms with van der Waals surface area (Å²) in [5.41, 5.74) is 0.257. The molecule has 0 saturated carbocycles. The fourth-order valence-electron chi connectivity index (χ4n) is 1.69. The van der Waals surface area contributed by atoms with Gasteiger partial charge in [0.1, 0.15) is 6.07 Å². The number of rotatable bonds is 4. The number of nitriles is 1. The Kier molecular flexibility index (Phi) is 4.84. The molecule has 24 heavy (non-hydrogen) atoms. The van der Waals surface area contributed by atoms with E-state index in [2.05, 4.69) is 35.9 Å². The van der Waals surface area contributed by atoms with Crippen molar-refractivity contribution in [2.75, 3.05) is 0 Å². The van der Waals surface area contributed by atoms with Crippen LogP contribution in [0.15, 0.2) is 47.5 Å². The summed E-state index contributed by atoms with van der Waals surface area (Å²) in [5, 5.41) is 9.67. The van der Waals surface area contributed by atoms with Gasteiger partial charge in [0.25, 0.3) is 0 Å². The molecule has 1 aromatic carbocycles. The molecule has 2 heterocycles. The molecule has 0 aliphatic rings. The maximum atomic E-state index is 9.28. The quantitative estimate of drug-likeness (QED) is 0.645. The van der Waals surface area contributed by atoms with E-state index in [1.165, 1.54) is 24.8 Å². The molecule has 2 aromatic heterocycles. The number of halogens is 2. The summed E-state index contributed by atoms with van der Waals surface area (Å²) in [7, 11) is 0. The Morgan fingerprint density at radius 3 is 2.25 bits per heavy atom. The van der Waals surface area contributed by atoms with Crippen molar-refractivity contribution >= 4 is 27.5 Å². The van der Waals surface area contributed by atoms with Crippen LogP contribution in [0.25, 0.3) is 0 Å². The Balaban J connectivity index is 1.95. The van der Waals surface area contributed by atoms with Gasteiger partial charge in [0.2, 0.25) is 0 Å². The fraction of sp³-hybridized carbons (Fsp3) is 0. The van der Waals surface area contributed by atoms with Gasteiger partial charge in [-0.05, 0) is 28.1 Å². The van der Waals surface area contributed by atoms with Crippen molar-refractivity contribution in [2.24, 2.45) is 0 Å².